The summed E-state index contributed by atoms with van der Waals surface area (Å²) >= 11 is 9.40. The van der Waals surface area contributed by atoms with Gasteiger partial charge in [-0.3, -0.25) is 19.8 Å². The summed E-state index contributed by atoms with van der Waals surface area (Å²) in [7, 11) is -0.492. The molecule has 11 nitrogen and oxygen atoms in total. The third-order valence-electron chi connectivity index (χ3n) is 9.65. The molecule has 1 aliphatic heterocycles. The van der Waals surface area contributed by atoms with E-state index in [4.69, 9.17) is 11.6 Å². The molecule has 1 amide bonds. The number of rotatable bonds is 17. The molecule has 294 valence electrons. The largest absolute Gasteiger partial charge is 0.376 e. The van der Waals surface area contributed by atoms with Crippen LogP contribution in [0.3, 0.4) is 0 Å². The number of anilines is 2. The van der Waals surface area contributed by atoms with Crippen LogP contribution in [0.5, 0.6) is 0 Å². The molecule has 0 unspecified atom stereocenters. The fraction of sp³-hybridized carbons (Fsp3) is 0.293. The van der Waals surface area contributed by atoms with Crippen molar-refractivity contribution < 1.29 is 18.1 Å². The number of piperazine rings is 1. The van der Waals surface area contributed by atoms with Crippen LogP contribution in [0.4, 0.5) is 17.1 Å². The number of amides is 1. The van der Waals surface area contributed by atoms with E-state index < -0.39 is 20.9 Å². The molecule has 0 radical (unpaired) electrons. The fourth-order valence-corrected chi connectivity index (χ4v) is 9.53. The first-order chi connectivity index (χ1) is 26.9. The molecule has 2 heterocycles. The molecule has 1 aromatic heterocycles. The summed E-state index contributed by atoms with van der Waals surface area (Å²) in [6.45, 7) is 5.08. The van der Waals surface area contributed by atoms with Gasteiger partial charge >= 0.3 is 0 Å². The van der Waals surface area contributed by atoms with Gasteiger partial charge in [-0.05, 0) is 110 Å². The monoisotopic (exact) mass is 832 g/mol. The van der Waals surface area contributed by atoms with E-state index in [2.05, 4.69) is 56.2 Å². The lowest BCUT2D eigenvalue weighted by Gasteiger charge is -2.36. The first-order valence-corrected chi connectivity index (χ1v) is 22.0. The molecule has 1 saturated heterocycles. The Balaban J connectivity index is 1.03. The lowest BCUT2D eigenvalue weighted by Crippen LogP contribution is -2.47. The lowest BCUT2D eigenvalue weighted by atomic mass is 9.97. The molecule has 0 bridgehead atoms. The number of benzene rings is 4. The van der Waals surface area contributed by atoms with Crippen LogP contribution in [0.25, 0.3) is 11.1 Å². The SMILES string of the molecule is CN(C)CC[C@H](CSc1cccs1)Nc1ccc(S(=O)(=O)NC(=O)c2ccc(N3CCN(CCc4ccccc4-c4ccc(Cl)cc4)CC3)cc2)cc1[N+](=O)[O-]. The van der Waals surface area contributed by atoms with Gasteiger partial charge in [-0.25, -0.2) is 13.1 Å². The Morgan fingerprint density at radius 1 is 0.964 bits per heavy atom. The number of sulfonamides is 1. The average Bonchev–Trinajstić information content (AvgIpc) is 3.72. The highest BCUT2D eigenvalue weighted by Crippen LogP contribution is 2.31. The van der Waals surface area contributed by atoms with Gasteiger partial charge < -0.3 is 15.1 Å². The second kappa shape index (κ2) is 19.1. The Hall–Kier alpha value is -4.44. The molecular formula is C41H45ClN6O5S3. The van der Waals surface area contributed by atoms with Crippen molar-refractivity contribution in [2.75, 3.05) is 69.3 Å². The fourth-order valence-electron chi connectivity index (χ4n) is 6.53. The molecule has 1 aliphatic rings. The summed E-state index contributed by atoms with van der Waals surface area (Å²) < 4.78 is 29.9. The number of hydrogen-bond donors (Lipinski definition) is 2. The van der Waals surface area contributed by atoms with Gasteiger partial charge in [-0.2, -0.15) is 0 Å². The Morgan fingerprint density at radius 3 is 2.38 bits per heavy atom. The van der Waals surface area contributed by atoms with Crippen LogP contribution in [0.2, 0.25) is 5.02 Å². The molecule has 1 fully saturated rings. The van der Waals surface area contributed by atoms with Crippen molar-refractivity contribution in [2.45, 2.75) is 28.0 Å². The van der Waals surface area contributed by atoms with Crippen molar-refractivity contribution in [1.82, 2.24) is 14.5 Å². The Bertz CT molecular complexity index is 2200. The van der Waals surface area contributed by atoms with Gasteiger partial charge in [0, 0.05) is 66.9 Å². The Labute approximate surface area is 341 Å². The molecular weight excluding hydrogens is 788 g/mol. The summed E-state index contributed by atoms with van der Waals surface area (Å²) in [5.74, 6) is -0.155. The second-order valence-electron chi connectivity index (χ2n) is 13.8. The molecule has 6 rings (SSSR count). The van der Waals surface area contributed by atoms with Crippen LogP contribution in [0.15, 0.2) is 118 Å². The number of nitro groups is 1. The van der Waals surface area contributed by atoms with Crippen molar-refractivity contribution in [3.05, 3.63) is 135 Å². The van der Waals surface area contributed by atoms with Crippen molar-refractivity contribution in [3.8, 4) is 11.1 Å². The highest BCUT2D eigenvalue weighted by atomic mass is 35.5. The number of halogens is 1. The van der Waals surface area contributed by atoms with Gasteiger partial charge in [0.1, 0.15) is 5.69 Å². The second-order valence-corrected chi connectivity index (χ2v) is 18.2. The van der Waals surface area contributed by atoms with Gasteiger partial charge in [0.2, 0.25) is 0 Å². The minimum absolute atomic E-state index is 0.119. The summed E-state index contributed by atoms with van der Waals surface area (Å²) in [6.07, 6.45) is 1.64. The number of thioether (sulfide) groups is 1. The van der Waals surface area contributed by atoms with E-state index in [0.717, 1.165) is 78.7 Å². The highest BCUT2D eigenvalue weighted by molar-refractivity contribution is 8.01. The molecule has 0 aliphatic carbocycles. The van der Waals surface area contributed by atoms with Crippen molar-refractivity contribution in [1.29, 1.82) is 0 Å². The maximum Gasteiger partial charge on any atom is 0.293 e. The number of nitrogens with one attached hydrogen (secondary N) is 2. The molecule has 56 heavy (non-hydrogen) atoms. The Kier molecular flexibility index (Phi) is 14.1. The average molecular weight is 834 g/mol. The predicted molar refractivity (Wildman–Crippen MR) is 229 cm³/mol. The quantitative estimate of drug-likeness (QED) is 0.0541. The van der Waals surface area contributed by atoms with E-state index in [1.165, 1.54) is 23.3 Å². The number of nitrogens with zero attached hydrogens (tertiary/aromatic N) is 4. The number of hydrogen-bond acceptors (Lipinski definition) is 11. The zero-order valence-corrected chi connectivity index (χ0v) is 34.5. The zero-order valence-electron chi connectivity index (χ0n) is 31.3. The van der Waals surface area contributed by atoms with E-state index in [-0.39, 0.29) is 27.9 Å². The van der Waals surface area contributed by atoms with Crippen LogP contribution >= 0.6 is 34.7 Å². The molecule has 1 atom stereocenters. The number of thiophene rings is 1. The highest BCUT2D eigenvalue weighted by Gasteiger charge is 2.26. The number of carbonyl (C=O) groups is 1. The maximum atomic E-state index is 13.3. The minimum Gasteiger partial charge on any atom is -0.376 e. The van der Waals surface area contributed by atoms with Gasteiger partial charge in [0.15, 0.2) is 0 Å². The third-order valence-corrected chi connectivity index (χ3v) is 13.5. The summed E-state index contributed by atoms with van der Waals surface area (Å²) in [6, 6.07) is 30.8. The van der Waals surface area contributed by atoms with Gasteiger partial charge in [-0.1, -0.05) is 54.1 Å². The van der Waals surface area contributed by atoms with E-state index in [1.807, 2.05) is 60.8 Å². The van der Waals surface area contributed by atoms with E-state index >= 15 is 0 Å². The lowest BCUT2D eigenvalue weighted by molar-refractivity contribution is -0.384. The predicted octanol–water partition coefficient (Wildman–Crippen LogP) is 7.98. The van der Waals surface area contributed by atoms with Gasteiger partial charge in [0.25, 0.3) is 21.6 Å². The molecule has 5 aromatic rings. The van der Waals surface area contributed by atoms with Crippen molar-refractivity contribution in [2.24, 2.45) is 0 Å². The van der Waals surface area contributed by atoms with Crippen LogP contribution in [-0.2, 0) is 16.4 Å². The molecule has 0 saturated carbocycles. The summed E-state index contributed by atoms with van der Waals surface area (Å²) in [5, 5.41) is 18.1. The molecule has 4 aromatic carbocycles. The van der Waals surface area contributed by atoms with Crippen LogP contribution in [0, 0.1) is 10.1 Å². The topological polar surface area (TPSA) is 128 Å². The third kappa shape index (κ3) is 11.1. The standard InChI is InChI=1S/C41H45ClN6O5S3/c1-45(2)21-20-34(29-55-40-8-5-27-54-40)43-38-18-17-36(28-39(38)48(50)51)56(52,53)44-41(49)32-11-15-35(16-12-32)47-25-23-46(24-26-47)22-19-30-6-3-4-7-37(30)31-9-13-33(42)14-10-31/h3-18,27-28,34,43H,19-26,29H2,1-2H3,(H,44,49)/t34-/m1/s1. The van der Waals surface area contributed by atoms with E-state index in [1.54, 1.807) is 35.2 Å². The van der Waals surface area contributed by atoms with Crippen LogP contribution < -0.4 is 14.9 Å². The molecule has 2 N–H and O–H groups in total. The van der Waals surface area contributed by atoms with Crippen LogP contribution in [0.1, 0.15) is 22.3 Å². The number of nitro benzene ring substituents is 1. The molecule has 15 heteroatoms. The number of carbonyl (C=O) groups excluding carboxylic acids is 1. The Morgan fingerprint density at radius 2 is 1.70 bits per heavy atom. The van der Waals surface area contributed by atoms with Gasteiger partial charge in [-0.15, -0.1) is 23.1 Å². The van der Waals surface area contributed by atoms with E-state index in [9.17, 15) is 23.3 Å². The first kappa shape index (κ1) is 41.2. The van der Waals surface area contributed by atoms with Gasteiger partial charge in [0.05, 0.1) is 14.0 Å². The summed E-state index contributed by atoms with van der Waals surface area (Å²) in [4.78, 5) is 31.0. The van der Waals surface area contributed by atoms with Crippen molar-refractivity contribution >= 4 is 67.7 Å². The smallest absolute Gasteiger partial charge is 0.293 e. The van der Waals surface area contributed by atoms with E-state index in [0.29, 0.717) is 5.75 Å². The molecule has 0 spiro atoms. The van der Waals surface area contributed by atoms with Crippen molar-refractivity contribution in [3.63, 3.8) is 0 Å². The van der Waals surface area contributed by atoms with Crippen LogP contribution in [-0.4, -0.2) is 94.2 Å². The maximum absolute atomic E-state index is 13.3. The minimum atomic E-state index is -4.42. The summed E-state index contributed by atoms with van der Waals surface area (Å²) in [5.41, 5.74) is 4.58. The first-order valence-electron chi connectivity index (χ1n) is 18.3. The zero-order chi connectivity index (χ0) is 39.7. The normalized spacial score (nSPS) is 14.1.